The Morgan fingerprint density at radius 2 is 1.95 bits per heavy atom. The first kappa shape index (κ1) is 16.0. The smallest absolute Gasteiger partial charge is 0.137 e. The summed E-state index contributed by atoms with van der Waals surface area (Å²) in [6.07, 6.45) is 2.61. The van der Waals surface area contributed by atoms with Crippen molar-refractivity contribution in [2.24, 2.45) is 5.92 Å². The summed E-state index contributed by atoms with van der Waals surface area (Å²) < 4.78 is 5.28. The van der Waals surface area contributed by atoms with Gasteiger partial charge in [-0.05, 0) is 32.6 Å². The number of aromatic nitrogens is 2. The lowest BCUT2D eigenvalue weighted by Gasteiger charge is -2.32. The molecule has 0 amide bonds. The molecule has 1 aromatic heterocycles. The molecule has 0 saturated heterocycles. The minimum atomic E-state index is 0.271. The molecule has 1 atom stereocenters. The van der Waals surface area contributed by atoms with E-state index in [4.69, 9.17) is 15.5 Å². The number of nitrogen functional groups attached to an aromatic ring is 1. The monoisotopic (exact) mass is 292 g/mol. The molecule has 1 aliphatic carbocycles. The van der Waals surface area contributed by atoms with Crippen molar-refractivity contribution < 1.29 is 4.74 Å². The summed E-state index contributed by atoms with van der Waals surface area (Å²) in [5.74, 6) is 3.42. The summed E-state index contributed by atoms with van der Waals surface area (Å²) in [5.41, 5.74) is 7.08. The highest BCUT2D eigenvalue weighted by molar-refractivity contribution is 5.57. The van der Waals surface area contributed by atoms with Gasteiger partial charge in [0, 0.05) is 31.2 Å². The molecular formula is C16H28N4O. The molecule has 5 heteroatoms. The third-order valence-corrected chi connectivity index (χ3v) is 4.30. The first-order valence-electron chi connectivity index (χ1n) is 7.85. The van der Waals surface area contributed by atoms with Gasteiger partial charge in [0.1, 0.15) is 17.5 Å². The van der Waals surface area contributed by atoms with Gasteiger partial charge in [0.25, 0.3) is 0 Å². The third kappa shape index (κ3) is 3.64. The van der Waals surface area contributed by atoms with Crippen molar-refractivity contribution in [2.75, 3.05) is 30.9 Å². The highest BCUT2D eigenvalue weighted by atomic mass is 16.5. The molecule has 118 valence electrons. The molecule has 0 radical (unpaired) electrons. The van der Waals surface area contributed by atoms with E-state index in [0.717, 1.165) is 29.7 Å². The Balaban J connectivity index is 2.37. The zero-order valence-electron chi connectivity index (χ0n) is 13.9. The normalized spacial score (nSPS) is 16.3. The number of nitrogens with two attached hydrogens (primary N) is 1. The lowest BCUT2D eigenvalue weighted by Crippen LogP contribution is -2.38. The van der Waals surface area contributed by atoms with Gasteiger partial charge in [0.2, 0.25) is 0 Å². The highest BCUT2D eigenvalue weighted by Gasteiger charge is 2.33. The van der Waals surface area contributed by atoms with Gasteiger partial charge >= 0.3 is 0 Å². The van der Waals surface area contributed by atoms with E-state index in [1.165, 1.54) is 12.8 Å². The molecule has 1 saturated carbocycles. The van der Waals surface area contributed by atoms with Crippen molar-refractivity contribution in [1.82, 2.24) is 9.97 Å². The van der Waals surface area contributed by atoms with E-state index < -0.39 is 0 Å². The number of rotatable bonds is 7. The molecule has 0 spiro atoms. The third-order valence-electron chi connectivity index (χ3n) is 4.30. The average molecular weight is 292 g/mol. The molecule has 0 bridgehead atoms. The minimum absolute atomic E-state index is 0.271. The summed E-state index contributed by atoms with van der Waals surface area (Å²) in [7, 11) is 1.74. The topological polar surface area (TPSA) is 64.3 Å². The van der Waals surface area contributed by atoms with Crippen LogP contribution in [0.5, 0.6) is 0 Å². The van der Waals surface area contributed by atoms with Crippen molar-refractivity contribution in [3.8, 4) is 0 Å². The van der Waals surface area contributed by atoms with Crippen LogP contribution in [-0.4, -0.2) is 36.3 Å². The molecule has 21 heavy (non-hydrogen) atoms. The fraction of sp³-hybridized carbons (Fsp3) is 0.750. The van der Waals surface area contributed by atoms with Gasteiger partial charge in [-0.25, -0.2) is 9.97 Å². The van der Waals surface area contributed by atoms with Crippen LogP contribution in [0.2, 0.25) is 0 Å². The number of hydrogen-bond donors (Lipinski definition) is 1. The van der Waals surface area contributed by atoms with Gasteiger partial charge in [-0.1, -0.05) is 13.8 Å². The summed E-state index contributed by atoms with van der Waals surface area (Å²) in [6.45, 7) is 10.0. The van der Waals surface area contributed by atoms with Gasteiger partial charge in [-0.15, -0.1) is 0 Å². The summed E-state index contributed by atoms with van der Waals surface area (Å²) in [4.78, 5) is 11.6. The number of anilines is 2. The molecule has 1 heterocycles. The standard InChI is InChI=1S/C16H28N4O/c1-10(2)15-18-14(17)11(3)16(19-15)20(8-9-21-5)12(4)13-6-7-13/h10,12-13H,6-9H2,1-5H3,(H2,17,18,19). The largest absolute Gasteiger partial charge is 0.383 e. The fourth-order valence-corrected chi connectivity index (χ4v) is 2.60. The average Bonchev–Trinajstić information content (AvgIpc) is 3.27. The second-order valence-corrected chi connectivity index (χ2v) is 6.33. The zero-order chi connectivity index (χ0) is 15.6. The van der Waals surface area contributed by atoms with Gasteiger partial charge < -0.3 is 15.4 Å². The van der Waals surface area contributed by atoms with Crippen LogP contribution in [0.1, 0.15) is 50.9 Å². The van der Waals surface area contributed by atoms with E-state index in [1.54, 1.807) is 7.11 Å². The maximum Gasteiger partial charge on any atom is 0.137 e. The van der Waals surface area contributed by atoms with E-state index in [2.05, 4.69) is 30.7 Å². The first-order valence-corrected chi connectivity index (χ1v) is 7.85. The Morgan fingerprint density at radius 1 is 1.29 bits per heavy atom. The van der Waals surface area contributed by atoms with Crippen molar-refractivity contribution in [3.63, 3.8) is 0 Å². The van der Waals surface area contributed by atoms with Gasteiger partial charge in [0.05, 0.1) is 6.61 Å². The van der Waals surface area contributed by atoms with E-state index in [0.29, 0.717) is 18.5 Å². The molecule has 0 aromatic carbocycles. The van der Waals surface area contributed by atoms with E-state index in [9.17, 15) is 0 Å². The first-order chi connectivity index (χ1) is 9.95. The van der Waals surface area contributed by atoms with Crippen LogP contribution >= 0.6 is 0 Å². The summed E-state index contributed by atoms with van der Waals surface area (Å²) in [5, 5.41) is 0. The Kier molecular flexibility index (Phi) is 5.04. The van der Waals surface area contributed by atoms with E-state index in [1.807, 2.05) is 6.92 Å². The Labute approximate surface area is 127 Å². The van der Waals surface area contributed by atoms with Crippen molar-refractivity contribution in [1.29, 1.82) is 0 Å². The van der Waals surface area contributed by atoms with E-state index in [-0.39, 0.29) is 5.92 Å². The summed E-state index contributed by atoms with van der Waals surface area (Å²) >= 11 is 0. The van der Waals surface area contributed by atoms with Crippen LogP contribution < -0.4 is 10.6 Å². The van der Waals surface area contributed by atoms with Crippen LogP contribution in [-0.2, 0) is 4.74 Å². The molecule has 1 aromatic rings. The Hall–Kier alpha value is -1.36. The molecule has 0 aliphatic heterocycles. The predicted octanol–water partition coefficient (Wildman–Crippen LogP) is 2.74. The van der Waals surface area contributed by atoms with Crippen LogP contribution in [0.15, 0.2) is 0 Å². The molecule has 2 N–H and O–H groups in total. The molecule has 1 unspecified atom stereocenters. The second-order valence-electron chi connectivity index (χ2n) is 6.33. The fourth-order valence-electron chi connectivity index (χ4n) is 2.60. The number of methoxy groups -OCH3 is 1. The highest BCUT2D eigenvalue weighted by Crippen LogP contribution is 2.37. The Bertz CT molecular complexity index is 485. The molecule has 1 fully saturated rings. The van der Waals surface area contributed by atoms with Gasteiger partial charge in [-0.3, -0.25) is 0 Å². The molecule has 5 nitrogen and oxygen atoms in total. The predicted molar refractivity (Wildman–Crippen MR) is 86.7 cm³/mol. The van der Waals surface area contributed by atoms with Gasteiger partial charge in [-0.2, -0.15) is 0 Å². The van der Waals surface area contributed by atoms with Crippen LogP contribution in [0, 0.1) is 12.8 Å². The van der Waals surface area contributed by atoms with Crippen LogP contribution in [0.3, 0.4) is 0 Å². The number of ether oxygens (including phenoxy) is 1. The number of nitrogens with zero attached hydrogens (tertiary/aromatic N) is 3. The second kappa shape index (κ2) is 6.60. The zero-order valence-corrected chi connectivity index (χ0v) is 13.9. The molecular weight excluding hydrogens is 264 g/mol. The lowest BCUT2D eigenvalue weighted by molar-refractivity contribution is 0.202. The van der Waals surface area contributed by atoms with Gasteiger partial charge in [0.15, 0.2) is 0 Å². The summed E-state index contributed by atoms with van der Waals surface area (Å²) in [6, 6.07) is 0.466. The van der Waals surface area contributed by atoms with E-state index >= 15 is 0 Å². The van der Waals surface area contributed by atoms with Crippen molar-refractivity contribution in [3.05, 3.63) is 11.4 Å². The SMILES string of the molecule is COCCN(c1nc(C(C)C)nc(N)c1C)C(C)C1CC1. The van der Waals surface area contributed by atoms with Crippen LogP contribution in [0.25, 0.3) is 0 Å². The molecule has 2 rings (SSSR count). The Morgan fingerprint density at radius 3 is 2.48 bits per heavy atom. The number of hydrogen-bond acceptors (Lipinski definition) is 5. The quantitative estimate of drug-likeness (QED) is 0.837. The maximum absolute atomic E-state index is 6.11. The molecule has 1 aliphatic rings. The van der Waals surface area contributed by atoms with Crippen molar-refractivity contribution in [2.45, 2.75) is 52.5 Å². The van der Waals surface area contributed by atoms with Crippen LogP contribution in [0.4, 0.5) is 11.6 Å². The van der Waals surface area contributed by atoms with Crippen molar-refractivity contribution >= 4 is 11.6 Å². The lowest BCUT2D eigenvalue weighted by atomic mass is 10.1. The minimum Gasteiger partial charge on any atom is -0.383 e. The maximum atomic E-state index is 6.11.